The lowest BCUT2D eigenvalue weighted by Gasteiger charge is -2.18. The summed E-state index contributed by atoms with van der Waals surface area (Å²) in [6.45, 7) is 5.86. The third-order valence-corrected chi connectivity index (χ3v) is 1.74. The highest BCUT2D eigenvalue weighted by atomic mass is 16.7. The van der Waals surface area contributed by atoms with Gasteiger partial charge in [-0.1, -0.05) is 0 Å². The Morgan fingerprint density at radius 2 is 2.25 bits per heavy atom. The van der Waals surface area contributed by atoms with Crippen molar-refractivity contribution in [2.75, 3.05) is 0 Å². The molecule has 1 heterocycles. The first-order chi connectivity index (χ1) is 7.42. The number of carbonyl (C=O) groups excluding carboxylic acids is 1. The van der Waals surface area contributed by atoms with E-state index in [9.17, 15) is 4.79 Å². The van der Waals surface area contributed by atoms with Crippen LogP contribution >= 0.6 is 0 Å². The van der Waals surface area contributed by atoms with Crippen molar-refractivity contribution >= 4 is 5.91 Å². The quantitative estimate of drug-likeness (QED) is 0.749. The van der Waals surface area contributed by atoms with Crippen molar-refractivity contribution in [3.8, 4) is 0 Å². The molecule has 0 saturated carbocycles. The van der Waals surface area contributed by atoms with E-state index in [1.54, 1.807) is 18.3 Å². The lowest BCUT2D eigenvalue weighted by molar-refractivity contribution is -0.0589. The van der Waals surface area contributed by atoms with E-state index in [0.717, 1.165) is 0 Å². The van der Waals surface area contributed by atoms with Crippen molar-refractivity contribution in [3.05, 3.63) is 29.6 Å². The van der Waals surface area contributed by atoms with Gasteiger partial charge in [-0.05, 0) is 32.9 Å². The molecular formula is C11H17N3O2. The maximum atomic E-state index is 11.7. The minimum Gasteiger partial charge on any atom is -0.325 e. The Morgan fingerprint density at radius 1 is 1.56 bits per heavy atom. The summed E-state index contributed by atoms with van der Waals surface area (Å²) in [6.07, 6.45) is 1.55. The Kier molecular flexibility index (Phi) is 3.98. The highest BCUT2D eigenvalue weighted by Gasteiger charge is 2.14. The normalized spacial score (nSPS) is 11.2. The summed E-state index contributed by atoms with van der Waals surface area (Å²) in [4.78, 5) is 20.8. The van der Waals surface area contributed by atoms with Crippen LogP contribution in [0.4, 0.5) is 0 Å². The largest absolute Gasteiger partial charge is 0.325 e. The van der Waals surface area contributed by atoms with Crippen molar-refractivity contribution in [1.29, 1.82) is 0 Å². The molecule has 0 aliphatic heterocycles. The molecule has 1 rings (SSSR count). The van der Waals surface area contributed by atoms with Gasteiger partial charge in [0.25, 0.3) is 5.91 Å². The van der Waals surface area contributed by atoms with Gasteiger partial charge in [-0.3, -0.25) is 14.6 Å². The van der Waals surface area contributed by atoms with Crippen LogP contribution < -0.4 is 11.2 Å². The second-order valence-corrected chi connectivity index (χ2v) is 4.39. The number of nitrogens with one attached hydrogen (secondary N) is 1. The maximum Gasteiger partial charge on any atom is 0.274 e. The van der Waals surface area contributed by atoms with E-state index in [4.69, 9.17) is 10.6 Å². The summed E-state index contributed by atoms with van der Waals surface area (Å²) in [5, 5.41) is 0. The molecular weight excluding hydrogens is 206 g/mol. The second kappa shape index (κ2) is 5.05. The molecule has 0 bridgehead atoms. The fraction of sp³-hybridized carbons (Fsp3) is 0.455. The molecule has 0 aliphatic rings. The number of nitrogens with two attached hydrogens (primary N) is 1. The molecule has 0 saturated heterocycles. The maximum absolute atomic E-state index is 11.7. The Hall–Kier alpha value is -1.46. The zero-order chi connectivity index (χ0) is 12.2. The van der Waals surface area contributed by atoms with Gasteiger partial charge < -0.3 is 5.73 Å². The molecule has 5 heteroatoms. The van der Waals surface area contributed by atoms with Crippen molar-refractivity contribution in [2.45, 2.75) is 32.9 Å². The molecule has 0 spiro atoms. The molecule has 1 amide bonds. The van der Waals surface area contributed by atoms with E-state index < -0.39 is 5.60 Å². The van der Waals surface area contributed by atoms with E-state index in [1.807, 2.05) is 20.8 Å². The lowest BCUT2D eigenvalue weighted by atomic mass is 10.2. The summed E-state index contributed by atoms with van der Waals surface area (Å²) in [5.41, 5.74) is 8.56. The van der Waals surface area contributed by atoms with E-state index in [0.29, 0.717) is 17.8 Å². The molecule has 0 unspecified atom stereocenters. The molecule has 88 valence electrons. The van der Waals surface area contributed by atoms with Crippen LogP contribution in [-0.4, -0.2) is 16.5 Å². The van der Waals surface area contributed by atoms with Crippen LogP contribution in [0.3, 0.4) is 0 Å². The summed E-state index contributed by atoms with van der Waals surface area (Å²) >= 11 is 0. The zero-order valence-corrected chi connectivity index (χ0v) is 9.78. The van der Waals surface area contributed by atoms with Gasteiger partial charge in [-0.2, -0.15) is 0 Å². The van der Waals surface area contributed by atoms with Crippen LogP contribution in [0.5, 0.6) is 0 Å². The van der Waals surface area contributed by atoms with E-state index in [-0.39, 0.29) is 5.91 Å². The summed E-state index contributed by atoms with van der Waals surface area (Å²) in [7, 11) is 0. The standard InChI is InChI=1S/C11H17N3O2/c1-11(2,3)16-14-10(15)8-4-5-13-9(6-8)7-12/h4-6H,7,12H2,1-3H3,(H,14,15). The number of hydroxylamine groups is 1. The average molecular weight is 223 g/mol. The Labute approximate surface area is 95.0 Å². The van der Waals surface area contributed by atoms with E-state index in [2.05, 4.69) is 10.5 Å². The minimum absolute atomic E-state index is 0.299. The van der Waals surface area contributed by atoms with Gasteiger partial charge >= 0.3 is 0 Å². The molecule has 3 N–H and O–H groups in total. The van der Waals surface area contributed by atoms with Gasteiger partial charge in [-0.25, -0.2) is 5.48 Å². The molecule has 16 heavy (non-hydrogen) atoms. The molecule has 0 aliphatic carbocycles. The van der Waals surface area contributed by atoms with Gasteiger partial charge in [0, 0.05) is 18.3 Å². The van der Waals surface area contributed by atoms with Crippen molar-refractivity contribution < 1.29 is 9.63 Å². The summed E-state index contributed by atoms with van der Waals surface area (Å²) in [5.74, 6) is -0.299. The first-order valence-electron chi connectivity index (χ1n) is 5.06. The molecule has 0 fully saturated rings. The highest BCUT2D eigenvalue weighted by molar-refractivity contribution is 5.93. The molecule has 1 aromatic rings. The third-order valence-electron chi connectivity index (χ3n) is 1.74. The minimum atomic E-state index is -0.417. The first kappa shape index (κ1) is 12.6. The Balaban J connectivity index is 2.66. The van der Waals surface area contributed by atoms with Gasteiger partial charge in [0.05, 0.1) is 11.3 Å². The number of amides is 1. The third kappa shape index (κ3) is 3.96. The topological polar surface area (TPSA) is 77.2 Å². The van der Waals surface area contributed by atoms with Crippen molar-refractivity contribution in [2.24, 2.45) is 5.73 Å². The fourth-order valence-corrected chi connectivity index (χ4v) is 0.989. The Bertz CT molecular complexity index is 372. The number of carbonyl (C=O) groups is 1. The van der Waals surface area contributed by atoms with Crippen LogP contribution in [0.25, 0.3) is 0 Å². The van der Waals surface area contributed by atoms with Gasteiger partial charge in [-0.15, -0.1) is 0 Å². The van der Waals surface area contributed by atoms with Gasteiger partial charge in [0.2, 0.25) is 0 Å². The molecule has 0 radical (unpaired) electrons. The Morgan fingerprint density at radius 3 is 2.81 bits per heavy atom. The fourth-order valence-electron chi connectivity index (χ4n) is 0.989. The highest BCUT2D eigenvalue weighted by Crippen LogP contribution is 2.06. The first-order valence-corrected chi connectivity index (χ1v) is 5.06. The smallest absolute Gasteiger partial charge is 0.274 e. The monoisotopic (exact) mass is 223 g/mol. The average Bonchev–Trinajstić information content (AvgIpc) is 2.25. The predicted molar refractivity (Wildman–Crippen MR) is 60.4 cm³/mol. The van der Waals surface area contributed by atoms with E-state index >= 15 is 0 Å². The van der Waals surface area contributed by atoms with Gasteiger partial charge in [0.1, 0.15) is 0 Å². The molecule has 0 atom stereocenters. The van der Waals surface area contributed by atoms with Crippen molar-refractivity contribution in [3.63, 3.8) is 0 Å². The van der Waals surface area contributed by atoms with Crippen LogP contribution in [0.1, 0.15) is 36.8 Å². The zero-order valence-electron chi connectivity index (χ0n) is 9.78. The van der Waals surface area contributed by atoms with Gasteiger partial charge in [0.15, 0.2) is 0 Å². The van der Waals surface area contributed by atoms with Crippen molar-refractivity contribution in [1.82, 2.24) is 10.5 Å². The number of pyridine rings is 1. The van der Waals surface area contributed by atoms with E-state index in [1.165, 1.54) is 0 Å². The number of hydrogen-bond acceptors (Lipinski definition) is 4. The second-order valence-electron chi connectivity index (χ2n) is 4.39. The summed E-state index contributed by atoms with van der Waals surface area (Å²) in [6, 6.07) is 3.25. The van der Waals surface area contributed by atoms with Crippen LogP contribution in [0, 0.1) is 0 Å². The molecule has 1 aromatic heterocycles. The number of hydrogen-bond donors (Lipinski definition) is 2. The number of rotatable bonds is 3. The number of aromatic nitrogens is 1. The molecule has 5 nitrogen and oxygen atoms in total. The predicted octanol–water partition coefficient (Wildman–Crippen LogP) is 1.00. The SMILES string of the molecule is CC(C)(C)ONC(=O)c1ccnc(CN)c1. The van der Waals surface area contributed by atoms with Crippen LogP contribution in [0.2, 0.25) is 0 Å². The van der Waals surface area contributed by atoms with Crippen LogP contribution in [0.15, 0.2) is 18.3 Å². The lowest BCUT2D eigenvalue weighted by Crippen LogP contribution is -2.33. The summed E-state index contributed by atoms with van der Waals surface area (Å²) < 4.78 is 0. The molecule has 0 aromatic carbocycles. The van der Waals surface area contributed by atoms with Crippen LogP contribution in [-0.2, 0) is 11.4 Å². The number of nitrogens with zero attached hydrogens (tertiary/aromatic N) is 1.